The summed E-state index contributed by atoms with van der Waals surface area (Å²) in [7, 11) is 0. The third-order valence-corrected chi connectivity index (χ3v) is 8.74. The van der Waals surface area contributed by atoms with Crippen molar-refractivity contribution in [1.82, 2.24) is 10.2 Å². The molecule has 3 aliphatic carbocycles. The van der Waals surface area contributed by atoms with E-state index in [9.17, 15) is 9.59 Å². The molecule has 0 radical (unpaired) electrons. The zero-order valence-electron chi connectivity index (χ0n) is 18.7. The number of carbonyl (C=O) groups is 2. The van der Waals surface area contributed by atoms with E-state index < -0.39 is 0 Å². The summed E-state index contributed by atoms with van der Waals surface area (Å²) >= 11 is 3.44. The number of likely N-dealkylation sites (tertiary alicyclic amines) is 1. The quantitative estimate of drug-likeness (QED) is 0.405. The van der Waals surface area contributed by atoms with Crippen molar-refractivity contribution in [2.45, 2.75) is 44.9 Å². The monoisotopic (exact) mass is 499 g/mol. The highest BCUT2D eigenvalue weighted by molar-refractivity contribution is 9.10. The molecule has 1 aromatic rings. The van der Waals surface area contributed by atoms with Gasteiger partial charge in [0.1, 0.15) is 0 Å². The zero-order chi connectivity index (χ0) is 22.1. The van der Waals surface area contributed by atoms with E-state index in [0.717, 1.165) is 42.4 Å². The number of nitrogens with zero attached hydrogens (tertiary/aromatic N) is 1. The van der Waals surface area contributed by atoms with Crippen LogP contribution in [0.4, 0.5) is 5.69 Å². The normalized spacial score (nSPS) is 29.9. The van der Waals surface area contributed by atoms with Crippen molar-refractivity contribution in [2.24, 2.45) is 29.1 Å². The number of hydrogen-bond acceptors (Lipinski definition) is 3. The Balaban J connectivity index is 1.18. The summed E-state index contributed by atoms with van der Waals surface area (Å²) in [4.78, 5) is 29.2. The summed E-state index contributed by atoms with van der Waals surface area (Å²) in [6.45, 7) is 4.29. The Morgan fingerprint density at radius 1 is 0.938 bits per heavy atom. The van der Waals surface area contributed by atoms with Crippen molar-refractivity contribution in [3.05, 3.63) is 40.9 Å². The molecule has 5 rings (SSSR count). The van der Waals surface area contributed by atoms with E-state index in [4.69, 9.17) is 0 Å². The third-order valence-electron chi connectivity index (χ3n) is 8.21. The fourth-order valence-corrected chi connectivity index (χ4v) is 6.71. The van der Waals surface area contributed by atoms with E-state index >= 15 is 0 Å². The minimum atomic E-state index is -0.274. The van der Waals surface area contributed by atoms with Gasteiger partial charge in [-0.1, -0.05) is 34.5 Å². The number of rotatable bonds is 8. The van der Waals surface area contributed by atoms with Crippen molar-refractivity contribution >= 4 is 33.4 Å². The fourth-order valence-electron chi connectivity index (χ4n) is 6.44. The van der Waals surface area contributed by atoms with Crippen LogP contribution >= 0.6 is 15.9 Å². The lowest BCUT2D eigenvalue weighted by atomic mass is 9.81. The topological polar surface area (TPSA) is 61.4 Å². The van der Waals surface area contributed by atoms with Gasteiger partial charge in [0.05, 0.1) is 11.8 Å². The van der Waals surface area contributed by atoms with Crippen LogP contribution in [-0.2, 0) is 9.59 Å². The predicted molar refractivity (Wildman–Crippen MR) is 130 cm³/mol. The molecule has 2 saturated carbocycles. The maximum atomic E-state index is 13.3. The number of hydrogen-bond donors (Lipinski definition) is 2. The van der Waals surface area contributed by atoms with Gasteiger partial charge in [-0.15, -0.1) is 0 Å². The maximum Gasteiger partial charge on any atom is 0.228 e. The Hall–Kier alpha value is -1.66. The predicted octanol–water partition coefficient (Wildman–Crippen LogP) is 4.60. The molecule has 6 heteroatoms. The van der Waals surface area contributed by atoms with Crippen LogP contribution in [-0.4, -0.2) is 42.9 Å². The lowest BCUT2D eigenvalue weighted by Gasteiger charge is -2.27. The van der Waals surface area contributed by atoms with E-state index in [1.807, 2.05) is 24.3 Å². The Kier molecular flexibility index (Phi) is 6.44. The average Bonchev–Trinajstić information content (AvgIpc) is 3.47. The summed E-state index contributed by atoms with van der Waals surface area (Å²) in [6, 6.07) is 7.64. The van der Waals surface area contributed by atoms with Gasteiger partial charge in [-0.2, -0.15) is 0 Å². The molecule has 5 nitrogen and oxygen atoms in total. The van der Waals surface area contributed by atoms with Gasteiger partial charge in [0, 0.05) is 16.7 Å². The molecule has 0 aromatic heterocycles. The number of nitrogens with one attached hydrogen (secondary N) is 2. The lowest BCUT2D eigenvalue weighted by Crippen LogP contribution is -2.42. The molecule has 1 heterocycles. The van der Waals surface area contributed by atoms with E-state index in [0.29, 0.717) is 6.54 Å². The highest BCUT2D eigenvalue weighted by Crippen LogP contribution is 2.72. The van der Waals surface area contributed by atoms with Crippen LogP contribution in [0, 0.1) is 29.1 Å². The Morgan fingerprint density at radius 2 is 1.59 bits per heavy atom. The number of piperidine rings is 1. The number of halogens is 1. The van der Waals surface area contributed by atoms with Gasteiger partial charge in [0.15, 0.2) is 0 Å². The van der Waals surface area contributed by atoms with Gasteiger partial charge in [-0.3, -0.25) is 9.59 Å². The van der Waals surface area contributed by atoms with Gasteiger partial charge >= 0.3 is 0 Å². The first-order chi connectivity index (χ1) is 15.6. The molecule has 1 aromatic carbocycles. The van der Waals surface area contributed by atoms with Crippen LogP contribution in [0.25, 0.3) is 0 Å². The van der Waals surface area contributed by atoms with E-state index in [1.54, 1.807) is 0 Å². The number of carbonyl (C=O) groups excluding carboxylic acids is 2. The van der Waals surface area contributed by atoms with E-state index in [2.05, 4.69) is 43.6 Å². The standard InChI is InChI=1S/C26H34BrN3O2/c27-18-6-8-19(9-7-18)29-25(32)23-21-11-10-20(26(21)12-13-26)22(23)24(31)28-14-2-5-17-30-15-3-1-4-16-30/h6-11,20-23H,1-5,12-17H2,(H,28,31)(H,29,32)/t20-,21+,22-,23-/m1/s1. The summed E-state index contributed by atoms with van der Waals surface area (Å²) in [5.74, 6) is -0.0587. The molecule has 1 aliphatic heterocycles. The van der Waals surface area contributed by atoms with Gasteiger partial charge in [-0.05, 0) is 99.7 Å². The first kappa shape index (κ1) is 22.1. The molecule has 1 spiro atoms. The van der Waals surface area contributed by atoms with E-state index in [-0.39, 0.29) is 40.9 Å². The highest BCUT2D eigenvalue weighted by Gasteiger charge is 2.69. The molecular weight excluding hydrogens is 466 g/mol. The molecule has 2 amide bonds. The van der Waals surface area contributed by atoms with Crippen LogP contribution in [0.3, 0.4) is 0 Å². The molecular formula is C26H34BrN3O2. The molecule has 0 unspecified atom stereocenters. The first-order valence-electron chi connectivity index (χ1n) is 12.3. The van der Waals surface area contributed by atoms with Crippen LogP contribution in [0.1, 0.15) is 44.9 Å². The lowest BCUT2D eigenvalue weighted by molar-refractivity contribution is -0.132. The van der Waals surface area contributed by atoms with Crippen molar-refractivity contribution in [2.75, 3.05) is 31.5 Å². The van der Waals surface area contributed by atoms with Crippen molar-refractivity contribution < 1.29 is 9.59 Å². The SMILES string of the molecule is O=C(NCCCCN1CCCCC1)[C@H]1[C@H](C(=O)Nc2ccc(Br)cc2)[C@@H]2C=C[C@H]1C21CC1. The minimum absolute atomic E-state index is 0.0132. The van der Waals surface area contributed by atoms with Crippen LogP contribution < -0.4 is 10.6 Å². The second kappa shape index (κ2) is 9.30. The molecule has 4 atom stereocenters. The number of unbranched alkanes of at least 4 members (excludes halogenated alkanes) is 1. The number of allylic oxidation sites excluding steroid dienone is 2. The molecule has 32 heavy (non-hydrogen) atoms. The number of amides is 2. The largest absolute Gasteiger partial charge is 0.356 e. The van der Waals surface area contributed by atoms with E-state index in [1.165, 1.54) is 32.4 Å². The van der Waals surface area contributed by atoms with Gasteiger partial charge in [0.2, 0.25) is 11.8 Å². The fraction of sp³-hybridized carbons (Fsp3) is 0.615. The molecule has 1 saturated heterocycles. The average molecular weight is 500 g/mol. The number of anilines is 1. The molecule has 2 bridgehead atoms. The van der Waals surface area contributed by atoms with Crippen LogP contribution in [0.2, 0.25) is 0 Å². The van der Waals surface area contributed by atoms with Crippen molar-refractivity contribution in [1.29, 1.82) is 0 Å². The second-order valence-corrected chi connectivity index (χ2v) is 11.0. The third kappa shape index (κ3) is 4.28. The Bertz CT molecular complexity index is 874. The molecule has 172 valence electrons. The van der Waals surface area contributed by atoms with Crippen LogP contribution in [0.15, 0.2) is 40.9 Å². The summed E-state index contributed by atoms with van der Waals surface area (Å²) < 4.78 is 0.979. The first-order valence-corrected chi connectivity index (χ1v) is 13.1. The summed E-state index contributed by atoms with van der Waals surface area (Å²) in [5.41, 5.74) is 0.949. The van der Waals surface area contributed by atoms with Crippen molar-refractivity contribution in [3.63, 3.8) is 0 Å². The van der Waals surface area contributed by atoms with Gasteiger partial charge in [-0.25, -0.2) is 0 Å². The van der Waals surface area contributed by atoms with Crippen LogP contribution in [0.5, 0.6) is 0 Å². The Labute approximate surface area is 199 Å². The highest BCUT2D eigenvalue weighted by atomic mass is 79.9. The zero-order valence-corrected chi connectivity index (χ0v) is 20.3. The smallest absolute Gasteiger partial charge is 0.228 e. The number of benzene rings is 1. The van der Waals surface area contributed by atoms with Gasteiger partial charge in [0.25, 0.3) is 0 Å². The van der Waals surface area contributed by atoms with Gasteiger partial charge < -0.3 is 15.5 Å². The summed E-state index contributed by atoms with van der Waals surface area (Å²) in [6.07, 6.45) is 12.8. The molecule has 4 aliphatic rings. The molecule has 3 fully saturated rings. The maximum absolute atomic E-state index is 13.3. The molecule has 2 N–H and O–H groups in total. The Morgan fingerprint density at radius 3 is 2.25 bits per heavy atom. The second-order valence-electron chi connectivity index (χ2n) is 10.1. The summed E-state index contributed by atoms with van der Waals surface area (Å²) in [5, 5.41) is 6.27. The van der Waals surface area contributed by atoms with Crippen molar-refractivity contribution in [3.8, 4) is 0 Å². The minimum Gasteiger partial charge on any atom is -0.356 e.